The molecule has 4 nitrogen and oxygen atoms in total. The first kappa shape index (κ1) is 20.2. The number of hydrogen-bond donors (Lipinski definition) is 0. The highest BCUT2D eigenvalue weighted by Gasteiger charge is 2.29. The molecule has 0 heterocycles. The summed E-state index contributed by atoms with van der Waals surface area (Å²) in [6, 6.07) is 7.83. The fraction of sp³-hybridized carbons (Fsp3) is 0.545. The van der Waals surface area contributed by atoms with Crippen LogP contribution < -0.4 is 4.74 Å². The molecule has 1 aliphatic carbocycles. The summed E-state index contributed by atoms with van der Waals surface area (Å²) in [5.74, 6) is 0.00583. The van der Waals surface area contributed by atoms with Gasteiger partial charge in [0.15, 0.2) is 0 Å². The first-order valence-electron chi connectivity index (χ1n) is 9.76. The van der Waals surface area contributed by atoms with Crippen LogP contribution in [0.25, 0.3) is 0 Å². The van der Waals surface area contributed by atoms with E-state index in [1.54, 1.807) is 13.0 Å². The Morgan fingerprint density at radius 2 is 1.77 bits per heavy atom. The smallest absolute Gasteiger partial charge is 0.330 e. The van der Waals surface area contributed by atoms with Gasteiger partial charge >= 0.3 is 11.9 Å². The zero-order chi connectivity index (χ0) is 18.8. The van der Waals surface area contributed by atoms with E-state index >= 15 is 0 Å². The normalized spacial score (nSPS) is 20.1. The third-order valence-electron chi connectivity index (χ3n) is 4.80. The van der Waals surface area contributed by atoms with Gasteiger partial charge in [-0.05, 0) is 63.1 Å². The Kier molecular flexibility index (Phi) is 8.39. The lowest BCUT2D eigenvalue weighted by molar-refractivity contribution is -0.147. The van der Waals surface area contributed by atoms with Crippen LogP contribution >= 0.6 is 0 Å². The fourth-order valence-electron chi connectivity index (χ4n) is 3.26. The Balaban J connectivity index is 1.75. The number of hydrogen-bond acceptors (Lipinski definition) is 4. The molecular formula is C22H30O4. The standard InChI is InChI=1S/C22H30O4/c1-3-5-6-8-17-9-13-20(14-10-17)26-22(24)18-11-15-19(16-12-18)25-21(23)7-4-2/h4,7,9-10,13-14,18-19H,3,5-6,8,11-12,15-16H2,1-2H3/t18-,19-. The quantitative estimate of drug-likeness (QED) is 0.284. The lowest BCUT2D eigenvalue weighted by Gasteiger charge is -2.26. The largest absolute Gasteiger partial charge is 0.459 e. The van der Waals surface area contributed by atoms with Gasteiger partial charge < -0.3 is 9.47 Å². The maximum atomic E-state index is 12.4. The lowest BCUT2D eigenvalue weighted by Crippen LogP contribution is -2.29. The predicted octanol–water partition coefficient (Wildman–Crippen LogP) is 5.00. The molecule has 0 aliphatic heterocycles. The van der Waals surface area contributed by atoms with Crippen LogP contribution in [0.1, 0.15) is 64.4 Å². The van der Waals surface area contributed by atoms with Crippen LogP contribution in [-0.4, -0.2) is 18.0 Å². The number of benzene rings is 1. The molecule has 0 atom stereocenters. The lowest BCUT2D eigenvalue weighted by atomic mass is 9.87. The fourth-order valence-corrected chi connectivity index (χ4v) is 3.26. The molecule has 1 aliphatic rings. The average molecular weight is 358 g/mol. The maximum absolute atomic E-state index is 12.4. The molecule has 0 bridgehead atoms. The van der Waals surface area contributed by atoms with Gasteiger partial charge in [0.2, 0.25) is 0 Å². The Morgan fingerprint density at radius 3 is 2.38 bits per heavy atom. The highest BCUT2D eigenvalue weighted by atomic mass is 16.5. The monoisotopic (exact) mass is 358 g/mol. The Labute approximate surface area is 156 Å². The molecule has 0 saturated heterocycles. The molecule has 2 rings (SSSR count). The van der Waals surface area contributed by atoms with Gasteiger partial charge in [0.1, 0.15) is 11.9 Å². The van der Waals surface area contributed by atoms with Gasteiger partial charge in [0, 0.05) is 6.08 Å². The molecule has 0 aromatic heterocycles. The number of rotatable bonds is 8. The number of carbonyl (C=O) groups excluding carboxylic acids is 2. The topological polar surface area (TPSA) is 52.6 Å². The van der Waals surface area contributed by atoms with Crippen molar-refractivity contribution in [2.45, 2.75) is 71.3 Å². The molecule has 0 spiro atoms. The minimum atomic E-state index is -0.308. The third-order valence-corrected chi connectivity index (χ3v) is 4.80. The van der Waals surface area contributed by atoms with Crippen molar-refractivity contribution in [1.82, 2.24) is 0 Å². The van der Waals surface area contributed by atoms with E-state index in [1.807, 2.05) is 24.3 Å². The van der Waals surface area contributed by atoms with E-state index in [0.717, 1.165) is 6.42 Å². The minimum absolute atomic E-state index is 0.0924. The van der Waals surface area contributed by atoms with Crippen molar-refractivity contribution in [2.24, 2.45) is 5.92 Å². The van der Waals surface area contributed by atoms with Gasteiger partial charge in [-0.25, -0.2) is 4.79 Å². The summed E-state index contributed by atoms with van der Waals surface area (Å²) in [7, 11) is 0. The number of allylic oxidation sites excluding steroid dienone is 1. The van der Waals surface area contributed by atoms with Crippen molar-refractivity contribution < 1.29 is 19.1 Å². The second-order valence-corrected chi connectivity index (χ2v) is 6.93. The van der Waals surface area contributed by atoms with Gasteiger partial charge in [0.25, 0.3) is 0 Å². The van der Waals surface area contributed by atoms with E-state index in [9.17, 15) is 9.59 Å². The van der Waals surface area contributed by atoms with Crippen molar-refractivity contribution in [3.8, 4) is 5.75 Å². The highest BCUT2D eigenvalue weighted by molar-refractivity contribution is 5.82. The van der Waals surface area contributed by atoms with Crippen molar-refractivity contribution in [3.05, 3.63) is 42.0 Å². The molecule has 0 N–H and O–H groups in total. The van der Waals surface area contributed by atoms with E-state index in [4.69, 9.17) is 9.47 Å². The van der Waals surface area contributed by atoms with Crippen LogP contribution in [0.3, 0.4) is 0 Å². The first-order chi connectivity index (χ1) is 12.6. The van der Waals surface area contributed by atoms with Gasteiger partial charge in [-0.15, -0.1) is 0 Å². The Morgan fingerprint density at radius 1 is 1.08 bits per heavy atom. The summed E-state index contributed by atoms with van der Waals surface area (Å²) in [6.45, 7) is 3.98. The summed E-state index contributed by atoms with van der Waals surface area (Å²) in [4.78, 5) is 23.8. The molecule has 142 valence electrons. The van der Waals surface area contributed by atoms with Gasteiger partial charge in [0.05, 0.1) is 5.92 Å². The van der Waals surface area contributed by atoms with Crippen LogP contribution in [0.5, 0.6) is 5.75 Å². The number of aryl methyl sites for hydroxylation is 1. The molecule has 0 radical (unpaired) electrons. The Hall–Kier alpha value is -2.10. The molecule has 1 aromatic rings. The van der Waals surface area contributed by atoms with Gasteiger partial charge in [-0.1, -0.05) is 38.0 Å². The van der Waals surface area contributed by atoms with Crippen molar-refractivity contribution >= 4 is 11.9 Å². The molecule has 1 saturated carbocycles. The van der Waals surface area contributed by atoms with Crippen LogP contribution in [0, 0.1) is 5.92 Å². The van der Waals surface area contributed by atoms with Crippen LogP contribution in [-0.2, 0) is 20.7 Å². The number of carbonyl (C=O) groups is 2. The molecule has 26 heavy (non-hydrogen) atoms. The molecule has 1 aromatic carbocycles. The zero-order valence-electron chi connectivity index (χ0n) is 15.9. The number of esters is 2. The molecular weight excluding hydrogens is 328 g/mol. The predicted molar refractivity (Wildman–Crippen MR) is 102 cm³/mol. The first-order valence-corrected chi connectivity index (χ1v) is 9.76. The minimum Gasteiger partial charge on any atom is -0.459 e. The molecule has 0 amide bonds. The molecule has 4 heteroatoms. The maximum Gasteiger partial charge on any atom is 0.330 e. The van der Waals surface area contributed by atoms with E-state index in [0.29, 0.717) is 31.4 Å². The summed E-state index contributed by atoms with van der Waals surface area (Å²) < 4.78 is 10.9. The van der Waals surface area contributed by atoms with E-state index in [1.165, 1.54) is 30.9 Å². The highest BCUT2D eigenvalue weighted by Crippen LogP contribution is 2.28. The van der Waals surface area contributed by atoms with Crippen LogP contribution in [0.2, 0.25) is 0 Å². The van der Waals surface area contributed by atoms with E-state index < -0.39 is 0 Å². The summed E-state index contributed by atoms with van der Waals surface area (Å²) >= 11 is 0. The molecule has 0 unspecified atom stereocenters. The SMILES string of the molecule is CC=CC(=O)O[C@H]1CC[C@H](C(=O)Oc2ccc(CCCCC)cc2)CC1. The van der Waals surface area contributed by atoms with E-state index in [2.05, 4.69) is 6.92 Å². The van der Waals surface area contributed by atoms with Crippen molar-refractivity contribution in [1.29, 1.82) is 0 Å². The van der Waals surface area contributed by atoms with Crippen molar-refractivity contribution in [2.75, 3.05) is 0 Å². The van der Waals surface area contributed by atoms with E-state index in [-0.39, 0.29) is 24.0 Å². The number of ether oxygens (including phenoxy) is 2. The van der Waals surface area contributed by atoms with Crippen LogP contribution in [0.15, 0.2) is 36.4 Å². The van der Waals surface area contributed by atoms with Gasteiger partial charge in [-0.2, -0.15) is 0 Å². The molecule has 1 fully saturated rings. The van der Waals surface area contributed by atoms with Crippen LogP contribution in [0.4, 0.5) is 0 Å². The Bertz CT molecular complexity index is 595. The summed E-state index contributed by atoms with van der Waals surface area (Å²) in [5, 5.41) is 0. The summed E-state index contributed by atoms with van der Waals surface area (Å²) in [6.07, 6.45) is 10.5. The second-order valence-electron chi connectivity index (χ2n) is 6.93. The average Bonchev–Trinajstić information content (AvgIpc) is 2.64. The van der Waals surface area contributed by atoms with Gasteiger partial charge in [-0.3, -0.25) is 4.79 Å². The third kappa shape index (κ3) is 6.66. The van der Waals surface area contributed by atoms with Crippen molar-refractivity contribution in [3.63, 3.8) is 0 Å². The zero-order valence-corrected chi connectivity index (χ0v) is 15.9. The summed E-state index contributed by atoms with van der Waals surface area (Å²) in [5.41, 5.74) is 1.28. The second kappa shape index (κ2) is 10.8. The number of unbranched alkanes of at least 4 members (excludes halogenated alkanes) is 2.